The van der Waals surface area contributed by atoms with Crippen LogP contribution in [0.15, 0.2) is 30.3 Å². The van der Waals surface area contributed by atoms with E-state index in [1.165, 1.54) is 0 Å². The van der Waals surface area contributed by atoms with Gasteiger partial charge in [-0.15, -0.1) is 0 Å². The molecule has 1 saturated heterocycles. The van der Waals surface area contributed by atoms with Gasteiger partial charge in [-0.05, 0) is 12.5 Å². The van der Waals surface area contributed by atoms with Gasteiger partial charge in [-0.25, -0.2) is 4.79 Å². The first-order valence-corrected chi connectivity index (χ1v) is 7.77. The third kappa shape index (κ3) is 5.02. The van der Waals surface area contributed by atoms with Crippen LogP contribution in [0.3, 0.4) is 0 Å². The molecule has 7 nitrogen and oxygen atoms in total. The van der Waals surface area contributed by atoms with E-state index in [2.05, 4.69) is 10.2 Å². The monoisotopic (exact) mass is 320 g/mol. The number of β-amino-alcohol motifs (C(OH)–C–C–N with tert-alkyl or cyclic N) is 1. The number of piperazine rings is 1. The van der Waals surface area contributed by atoms with E-state index in [0.717, 1.165) is 18.7 Å². The number of nitrogens with two attached hydrogens (primary N) is 1. The van der Waals surface area contributed by atoms with Crippen LogP contribution in [0, 0.1) is 0 Å². The Bertz CT molecular complexity index is 529. The van der Waals surface area contributed by atoms with Crippen molar-refractivity contribution in [3.05, 3.63) is 35.9 Å². The van der Waals surface area contributed by atoms with Gasteiger partial charge >= 0.3 is 6.03 Å². The third-order valence-electron chi connectivity index (χ3n) is 4.20. The predicted octanol–water partition coefficient (Wildman–Crippen LogP) is -0.0790. The van der Waals surface area contributed by atoms with Crippen LogP contribution in [0.25, 0.3) is 0 Å². The van der Waals surface area contributed by atoms with Crippen LogP contribution in [0.2, 0.25) is 0 Å². The van der Waals surface area contributed by atoms with Gasteiger partial charge in [0.1, 0.15) is 0 Å². The molecule has 0 spiro atoms. The fourth-order valence-corrected chi connectivity index (χ4v) is 2.75. The molecule has 0 radical (unpaired) electrons. The van der Waals surface area contributed by atoms with Crippen LogP contribution in [-0.4, -0.2) is 65.6 Å². The maximum atomic E-state index is 11.8. The molecule has 1 aliphatic rings. The Labute approximate surface area is 136 Å². The van der Waals surface area contributed by atoms with Crippen LogP contribution in [0.1, 0.15) is 18.6 Å². The summed E-state index contributed by atoms with van der Waals surface area (Å²) in [5.41, 5.74) is 5.87. The number of hydrogen-bond acceptors (Lipinski definition) is 5. The Kier molecular flexibility index (Phi) is 6.09. The molecule has 1 heterocycles. The van der Waals surface area contributed by atoms with Gasteiger partial charge in [0.2, 0.25) is 5.91 Å². The van der Waals surface area contributed by atoms with E-state index in [1.54, 1.807) is 6.92 Å². The van der Waals surface area contributed by atoms with Gasteiger partial charge in [0.05, 0.1) is 12.1 Å². The quantitative estimate of drug-likeness (QED) is 0.705. The van der Waals surface area contributed by atoms with Gasteiger partial charge < -0.3 is 10.8 Å². The van der Waals surface area contributed by atoms with Gasteiger partial charge in [-0.3, -0.25) is 19.9 Å². The van der Waals surface area contributed by atoms with E-state index in [1.807, 2.05) is 35.2 Å². The molecule has 0 aromatic heterocycles. The summed E-state index contributed by atoms with van der Waals surface area (Å²) in [6.45, 7) is 5.26. The Morgan fingerprint density at radius 2 is 1.83 bits per heavy atom. The minimum absolute atomic E-state index is 0.379. The summed E-state index contributed by atoms with van der Waals surface area (Å²) in [6, 6.07) is 8.35. The lowest BCUT2D eigenvalue weighted by atomic mass is 10.1. The van der Waals surface area contributed by atoms with Crippen molar-refractivity contribution in [1.29, 1.82) is 0 Å². The molecule has 4 N–H and O–H groups in total. The first-order chi connectivity index (χ1) is 11.0. The zero-order chi connectivity index (χ0) is 16.8. The molecule has 23 heavy (non-hydrogen) atoms. The number of aliphatic hydroxyl groups is 1. The number of amides is 3. The number of primary amides is 1. The van der Waals surface area contributed by atoms with Crippen LogP contribution >= 0.6 is 0 Å². The van der Waals surface area contributed by atoms with E-state index in [-0.39, 0.29) is 5.91 Å². The highest BCUT2D eigenvalue weighted by molar-refractivity contribution is 5.96. The lowest BCUT2D eigenvalue weighted by Gasteiger charge is -2.38. The molecule has 0 saturated carbocycles. The second-order valence-electron chi connectivity index (χ2n) is 5.79. The number of carbonyl (C=O) groups excluding carboxylic acids is 2. The number of urea groups is 1. The minimum Gasteiger partial charge on any atom is -0.387 e. The maximum Gasteiger partial charge on any atom is 0.318 e. The number of hydrogen-bond donors (Lipinski definition) is 3. The zero-order valence-electron chi connectivity index (χ0n) is 13.3. The molecule has 0 aliphatic carbocycles. The number of rotatable bonds is 5. The minimum atomic E-state index is -0.827. The second-order valence-corrected chi connectivity index (χ2v) is 5.79. The molecule has 1 aromatic carbocycles. The lowest BCUT2D eigenvalue weighted by molar-refractivity contribution is -0.125. The lowest BCUT2D eigenvalue weighted by Crippen LogP contribution is -2.55. The third-order valence-corrected chi connectivity index (χ3v) is 4.20. The van der Waals surface area contributed by atoms with Gasteiger partial charge in [0.25, 0.3) is 0 Å². The standard InChI is InChI=1S/C16H24N4O3/c1-12(15(22)18-16(17)23)20-9-7-19(8-10-20)11-14(21)13-5-3-2-4-6-13/h2-6,12,14,21H,7-11H2,1H3,(H3,17,18,22,23)/t12-,14+/m1/s1. The number of aliphatic hydroxyl groups excluding tert-OH is 1. The average molecular weight is 320 g/mol. The van der Waals surface area contributed by atoms with Crippen molar-refractivity contribution in [3.8, 4) is 0 Å². The number of benzene rings is 1. The largest absolute Gasteiger partial charge is 0.387 e. The number of carbonyl (C=O) groups is 2. The average Bonchev–Trinajstić information content (AvgIpc) is 2.55. The summed E-state index contributed by atoms with van der Waals surface area (Å²) in [5, 5.41) is 12.4. The molecule has 126 valence electrons. The van der Waals surface area contributed by atoms with Crippen molar-refractivity contribution in [3.63, 3.8) is 0 Å². The number of nitrogens with zero attached hydrogens (tertiary/aromatic N) is 2. The van der Waals surface area contributed by atoms with E-state index in [9.17, 15) is 14.7 Å². The van der Waals surface area contributed by atoms with Crippen molar-refractivity contribution in [2.45, 2.75) is 19.1 Å². The summed E-state index contributed by atoms with van der Waals surface area (Å²) in [4.78, 5) is 26.7. The fourth-order valence-electron chi connectivity index (χ4n) is 2.75. The van der Waals surface area contributed by atoms with E-state index < -0.39 is 18.2 Å². The fraction of sp³-hybridized carbons (Fsp3) is 0.500. The predicted molar refractivity (Wildman–Crippen MR) is 86.6 cm³/mol. The highest BCUT2D eigenvalue weighted by Gasteiger charge is 2.26. The molecule has 0 unspecified atom stereocenters. The van der Waals surface area contributed by atoms with Gasteiger partial charge in [-0.2, -0.15) is 0 Å². The first-order valence-electron chi connectivity index (χ1n) is 7.77. The molecular formula is C16H24N4O3. The molecule has 7 heteroatoms. The maximum absolute atomic E-state index is 11.8. The molecule has 3 amide bonds. The summed E-state index contributed by atoms with van der Waals surface area (Å²) < 4.78 is 0. The topological polar surface area (TPSA) is 98.9 Å². The highest BCUT2D eigenvalue weighted by atomic mass is 16.3. The molecule has 1 fully saturated rings. The van der Waals surface area contributed by atoms with E-state index >= 15 is 0 Å². The van der Waals surface area contributed by atoms with Gasteiger partial charge in [0, 0.05) is 32.7 Å². The molecule has 1 aliphatic heterocycles. The van der Waals surface area contributed by atoms with Crippen LogP contribution in [0.4, 0.5) is 4.79 Å². The Balaban J connectivity index is 1.79. The van der Waals surface area contributed by atoms with Crippen molar-refractivity contribution < 1.29 is 14.7 Å². The summed E-state index contributed by atoms with van der Waals surface area (Å²) in [7, 11) is 0. The molecule has 2 atom stereocenters. The SMILES string of the molecule is C[C@H](C(=O)NC(N)=O)N1CCN(C[C@H](O)c2ccccc2)CC1. The zero-order valence-corrected chi connectivity index (χ0v) is 13.3. The van der Waals surface area contributed by atoms with Gasteiger partial charge in [0.15, 0.2) is 0 Å². The highest BCUT2D eigenvalue weighted by Crippen LogP contribution is 2.15. The molecule has 0 bridgehead atoms. The van der Waals surface area contributed by atoms with Crippen molar-refractivity contribution in [2.75, 3.05) is 32.7 Å². The summed E-state index contributed by atoms with van der Waals surface area (Å²) >= 11 is 0. The van der Waals surface area contributed by atoms with Gasteiger partial charge in [-0.1, -0.05) is 30.3 Å². The number of nitrogens with one attached hydrogen (secondary N) is 1. The Hall–Kier alpha value is -1.96. The molecular weight excluding hydrogens is 296 g/mol. The summed E-state index contributed by atoms with van der Waals surface area (Å²) in [6.07, 6.45) is -0.515. The summed E-state index contributed by atoms with van der Waals surface area (Å²) in [5.74, 6) is -0.379. The van der Waals surface area contributed by atoms with E-state index in [4.69, 9.17) is 5.73 Å². The van der Waals surface area contributed by atoms with Crippen LogP contribution in [-0.2, 0) is 4.79 Å². The van der Waals surface area contributed by atoms with Crippen LogP contribution < -0.4 is 11.1 Å². The second kappa shape index (κ2) is 8.05. The number of imide groups is 1. The van der Waals surface area contributed by atoms with Crippen LogP contribution in [0.5, 0.6) is 0 Å². The van der Waals surface area contributed by atoms with Crippen molar-refractivity contribution >= 4 is 11.9 Å². The van der Waals surface area contributed by atoms with E-state index in [0.29, 0.717) is 19.6 Å². The Morgan fingerprint density at radius 3 is 2.39 bits per heavy atom. The van der Waals surface area contributed by atoms with Crippen molar-refractivity contribution in [2.24, 2.45) is 5.73 Å². The molecule has 1 aromatic rings. The molecule has 2 rings (SSSR count). The normalized spacial score (nSPS) is 19.0. The smallest absolute Gasteiger partial charge is 0.318 e. The first kappa shape index (κ1) is 17.4. The van der Waals surface area contributed by atoms with Crippen molar-refractivity contribution in [1.82, 2.24) is 15.1 Å². The Morgan fingerprint density at radius 1 is 1.22 bits per heavy atom.